The summed E-state index contributed by atoms with van der Waals surface area (Å²) < 4.78 is 29.2. The van der Waals surface area contributed by atoms with Gasteiger partial charge in [-0.15, -0.1) is 0 Å². The van der Waals surface area contributed by atoms with Gasteiger partial charge in [-0.2, -0.15) is 0 Å². The Balaban J connectivity index is 1.85. The van der Waals surface area contributed by atoms with Crippen molar-refractivity contribution in [3.05, 3.63) is 48.8 Å². The van der Waals surface area contributed by atoms with E-state index in [-0.39, 0.29) is 0 Å². The summed E-state index contributed by atoms with van der Waals surface area (Å²) >= 11 is 0. The van der Waals surface area contributed by atoms with Crippen LogP contribution >= 0.6 is 0 Å². The zero-order chi connectivity index (χ0) is 13.9. The van der Waals surface area contributed by atoms with Gasteiger partial charge in [0.2, 0.25) is 10.9 Å². The first-order valence-corrected chi connectivity index (χ1v) is 7.01. The molecule has 0 unspecified atom stereocenters. The lowest BCUT2D eigenvalue weighted by atomic mass is 10.3. The van der Waals surface area contributed by atoms with Crippen LogP contribution in [-0.2, 0) is 10.9 Å². The molecule has 0 aliphatic rings. The quantitative estimate of drug-likeness (QED) is 0.643. The highest BCUT2D eigenvalue weighted by atomic mass is 32.2. The van der Waals surface area contributed by atoms with Gasteiger partial charge in [0.1, 0.15) is 17.1 Å². The molecule has 0 fully saturated rings. The molecule has 2 N–H and O–H groups in total. The van der Waals surface area contributed by atoms with Gasteiger partial charge in [-0.3, -0.25) is 4.72 Å². The maximum Gasteiger partial charge on any atom is 0.222 e. The molecule has 2 heterocycles. The maximum absolute atomic E-state index is 10.5. The summed E-state index contributed by atoms with van der Waals surface area (Å²) in [4.78, 5) is 7.19. The number of nitrogens with zero attached hydrogens (tertiary/aromatic N) is 1. The fraction of sp³-hybridized carbons (Fsp3) is 0. The van der Waals surface area contributed by atoms with Crippen LogP contribution in [0.2, 0.25) is 0 Å². The number of ether oxygens (including phenoxy) is 1. The number of pyridine rings is 1. The van der Waals surface area contributed by atoms with Gasteiger partial charge in [-0.05, 0) is 36.4 Å². The fourth-order valence-electron chi connectivity index (χ4n) is 1.85. The predicted molar refractivity (Wildman–Crippen MR) is 76.5 cm³/mol. The molecule has 0 saturated carbocycles. The molecule has 3 rings (SSSR count). The average molecular weight is 289 g/mol. The summed E-state index contributed by atoms with van der Waals surface area (Å²) in [6.07, 6.45) is 3.45. The molecule has 0 aliphatic heterocycles. The molecule has 0 amide bonds. The van der Waals surface area contributed by atoms with E-state index in [1.165, 1.54) is 0 Å². The van der Waals surface area contributed by atoms with Crippen LogP contribution in [0.1, 0.15) is 0 Å². The molecule has 0 bridgehead atoms. The minimum Gasteiger partial charge on any atom is -0.457 e. The number of aromatic nitrogens is 2. The van der Waals surface area contributed by atoms with E-state index >= 15 is 0 Å². The van der Waals surface area contributed by atoms with Crippen molar-refractivity contribution in [3.8, 4) is 11.5 Å². The molecule has 3 aromatic rings. The highest BCUT2D eigenvalue weighted by Gasteiger charge is 2.05. The average Bonchev–Trinajstić information content (AvgIpc) is 2.90. The van der Waals surface area contributed by atoms with E-state index in [2.05, 4.69) is 14.7 Å². The van der Waals surface area contributed by atoms with Gasteiger partial charge in [0.25, 0.3) is 0 Å². The van der Waals surface area contributed by atoms with E-state index in [1.54, 1.807) is 42.7 Å². The summed E-state index contributed by atoms with van der Waals surface area (Å²) in [6, 6.07) is 10.3. The SMILES string of the molecule is O=[SH](=O)Nc1ccc(Oc2ccnc3[nH]ccc23)cc1. The molecule has 0 spiro atoms. The highest BCUT2D eigenvalue weighted by Crippen LogP contribution is 2.28. The van der Waals surface area contributed by atoms with Crippen LogP contribution in [0, 0.1) is 0 Å². The standard InChI is InChI=1S/C13H11N3O3S/c17-20(18)16-9-1-3-10(4-2-9)19-12-6-8-15-13-11(12)5-7-14-13/h1-8,20H,(H,14,15)(H,16,17,18). The summed E-state index contributed by atoms with van der Waals surface area (Å²) in [5.74, 6) is 1.30. The Morgan fingerprint density at radius 2 is 1.90 bits per heavy atom. The van der Waals surface area contributed by atoms with Crippen LogP contribution in [0.15, 0.2) is 48.8 Å². The first-order valence-electron chi connectivity index (χ1n) is 5.83. The molecule has 0 radical (unpaired) electrons. The number of thiol groups is 1. The Bertz CT molecular complexity index is 801. The molecule has 102 valence electrons. The fourth-order valence-corrected chi connectivity index (χ4v) is 2.21. The van der Waals surface area contributed by atoms with E-state index in [9.17, 15) is 8.42 Å². The monoisotopic (exact) mass is 289 g/mol. The van der Waals surface area contributed by atoms with Crippen LogP contribution in [0.3, 0.4) is 0 Å². The summed E-state index contributed by atoms with van der Waals surface area (Å²) in [6.45, 7) is 0. The number of rotatable bonds is 4. The molecular formula is C13H11N3O3S. The molecule has 20 heavy (non-hydrogen) atoms. The van der Waals surface area contributed by atoms with E-state index < -0.39 is 10.9 Å². The molecule has 6 nitrogen and oxygen atoms in total. The molecule has 7 heteroatoms. The number of anilines is 1. The van der Waals surface area contributed by atoms with Gasteiger partial charge >= 0.3 is 0 Å². The third kappa shape index (κ3) is 2.57. The highest BCUT2D eigenvalue weighted by molar-refractivity contribution is 7.73. The second-order valence-corrected chi connectivity index (χ2v) is 4.78. The lowest BCUT2D eigenvalue weighted by Gasteiger charge is -2.07. The van der Waals surface area contributed by atoms with Gasteiger partial charge in [-0.25, -0.2) is 13.4 Å². The van der Waals surface area contributed by atoms with Gasteiger partial charge < -0.3 is 9.72 Å². The number of benzene rings is 1. The predicted octanol–water partition coefficient (Wildman–Crippen LogP) is 2.29. The van der Waals surface area contributed by atoms with Gasteiger partial charge in [0.15, 0.2) is 0 Å². The zero-order valence-electron chi connectivity index (χ0n) is 10.2. The van der Waals surface area contributed by atoms with Crippen molar-refractivity contribution < 1.29 is 13.2 Å². The van der Waals surface area contributed by atoms with Crippen molar-refractivity contribution in [1.29, 1.82) is 0 Å². The minimum absolute atomic E-state index is 0.495. The van der Waals surface area contributed by atoms with Crippen molar-refractivity contribution in [3.63, 3.8) is 0 Å². The minimum atomic E-state index is -2.65. The van der Waals surface area contributed by atoms with Crippen molar-refractivity contribution >= 4 is 27.6 Å². The largest absolute Gasteiger partial charge is 0.457 e. The van der Waals surface area contributed by atoms with Gasteiger partial charge in [-0.1, -0.05) is 0 Å². The normalized spacial score (nSPS) is 10.8. The number of fused-ring (bicyclic) bond motifs is 1. The van der Waals surface area contributed by atoms with Crippen LogP contribution in [0.25, 0.3) is 11.0 Å². The third-order valence-electron chi connectivity index (χ3n) is 2.72. The van der Waals surface area contributed by atoms with Crippen molar-refractivity contribution in [2.45, 2.75) is 0 Å². The summed E-state index contributed by atoms with van der Waals surface area (Å²) in [7, 11) is -2.65. The third-order valence-corrected chi connectivity index (χ3v) is 3.16. The Morgan fingerprint density at radius 3 is 2.65 bits per heavy atom. The van der Waals surface area contributed by atoms with Gasteiger partial charge in [0, 0.05) is 18.1 Å². The van der Waals surface area contributed by atoms with Crippen LogP contribution in [0.4, 0.5) is 5.69 Å². The van der Waals surface area contributed by atoms with E-state index in [1.807, 2.05) is 6.07 Å². The first kappa shape index (κ1) is 12.5. The second-order valence-electron chi connectivity index (χ2n) is 4.04. The van der Waals surface area contributed by atoms with Crippen molar-refractivity contribution in [1.82, 2.24) is 9.97 Å². The lowest BCUT2D eigenvalue weighted by molar-refractivity contribution is 0.488. The molecule has 0 atom stereocenters. The van der Waals surface area contributed by atoms with Crippen molar-refractivity contribution in [2.75, 3.05) is 4.72 Å². The van der Waals surface area contributed by atoms with Crippen LogP contribution in [0.5, 0.6) is 11.5 Å². The van der Waals surface area contributed by atoms with Crippen LogP contribution in [-0.4, -0.2) is 18.4 Å². The Hall–Kier alpha value is -2.54. The number of H-pyrrole nitrogens is 1. The lowest BCUT2D eigenvalue weighted by Crippen LogP contribution is -1.94. The smallest absolute Gasteiger partial charge is 0.222 e. The number of nitrogens with one attached hydrogen (secondary N) is 2. The molecular weight excluding hydrogens is 278 g/mol. The number of aromatic amines is 1. The summed E-state index contributed by atoms with van der Waals surface area (Å²) in [5, 5.41) is 0.886. The number of hydrogen-bond donors (Lipinski definition) is 3. The molecule has 0 aliphatic carbocycles. The Labute approximate surface area is 116 Å². The number of hydrogen-bond acceptors (Lipinski definition) is 4. The Morgan fingerprint density at radius 1 is 1.10 bits per heavy atom. The molecule has 1 aromatic carbocycles. The molecule has 2 aromatic heterocycles. The first-order chi connectivity index (χ1) is 9.72. The van der Waals surface area contributed by atoms with Gasteiger partial charge in [0.05, 0.1) is 5.39 Å². The van der Waals surface area contributed by atoms with E-state index in [0.29, 0.717) is 17.2 Å². The second kappa shape index (κ2) is 5.22. The van der Waals surface area contributed by atoms with E-state index in [0.717, 1.165) is 11.0 Å². The maximum atomic E-state index is 10.5. The van der Waals surface area contributed by atoms with E-state index in [4.69, 9.17) is 4.74 Å². The Kier molecular flexibility index (Phi) is 3.26. The van der Waals surface area contributed by atoms with Crippen LogP contribution < -0.4 is 9.46 Å². The zero-order valence-corrected chi connectivity index (χ0v) is 11.1. The summed E-state index contributed by atoms with van der Waals surface area (Å²) in [5.41, 5.74) is 1.25. The topological polar surface area (TPSA) is 84.1 Å². The molecule has 0 saturated heterocycles. The van der Waals surface area contributed by atoms with Crippen molar-refractivity contribution in [2.24, 2.45) is 0 Å².